The van der Waals surface area contributed by atoms with Gasteiger partial charge in [-0.05, 0) is 41.2 Å². The molecule has 138 valence electrons. The first-order valence-electron chi connectivity index (χ1n) is 8.45. The van der Waals surface area contributed by atoms with Gasteiger partial charge in [0.25, 0.3) is 0 Å². The van der Waals surface area contributed by atoms with Crippen LogP contribution in [0.2, 0.25) is 0 Å². The van der Waals surface area contributed by atoms with E-state index < -0.39 is 5.97 Å². The Morgan fingerprint density at radius 2 is 1.46 bits per heavy atom. The topological polar surface area (TPSA) is 87.0 Å². The third-order valence-electron chi connectivity index (χ3n) is 4.17. The second-order valence-corrected chi connectivity index (χ2v) is 8.49. The van der Waals surface area contributed by atoms with E-state index in [1.165, 1.54) is 18.2 Å². The fraction of sp³-hybridized carbons (Fsp3) is 0.381. The highest BCUT2D eigenvalue weighted by Gasteiger charge is 2.27. The van der Waals surface area contributed by atoms with Crippen molar-refractivity contribution < 1.29 is 19.8 Å². The van der Waals surface area contributed by atoms with Crippen LogP contribution in [0.4, 0.5) is 5.69 Å². The van der Waals surface area contributed by atoms with Crippen LogP contribution in [0, 0.1) is 0 Å². The second-order valence-electron chi connectivity index (χ2n) is 8.49. The largest absolute Gasteiger partial charge is 0.507 e. The van der Waals surface area contributed by atoms with E-state index in [2.05, 4.69) is 4.99 Å². The summed E-state index contributed by atoms with van der Waals surface area (Å²) in [5.41, 5.74) is 1.40. The second kappa shape index (κ2) is 6.56. The summed E-state index contributed by atoms with van der Waals surface area (Å²) in [5, 5.41) is 19.9. The zero-order chi connectivity index (χ0) is 19.9. The summed E-state index contributed by atoms with van der Waals surface area (Å²) in [6, 6.07) is 3.49. The van der Waals surface area contributed by atoms with Crippen LogP contribution >= 0.6 is 0 Å². The smallest absolute Gasteiger partial charge is 0.335 e. The molecule has 0 atom stereocenters. The molecule has 0 amide bonds. The maximum absolute atomic E-state index is 12.1. The number of aromatic hydroxyl groups is 1. The summed E-state index contributed by atoms with van der Waals surface area (Å²) in [5.74, 6) is -1.24. The molecule has 0 spiro atoms. The van der Waals surface area contributed by atoms with Crippen molar-refractivity contribution in [3.05, 3.63) is 47.1 Å². The Morgan fingerprint density at radius 1 is 0.962 bits per heavy atom. The van der Waals surface area contributed by atoms with Crippen LogP contribution in [0.5, 0.6) is 5.75 Å². The van der Waals surface area contributed by atoms with Gasteiger partial charge < -0.3 is 10.2 Å². The van der Waals surface area contributed by atoms with E-state index in [1.54, 1.807) is 12.1 Å². The number of allylic oxidation sites excluding steroid dienone is 2. The first-order chi connectivity index (χ1) is 11.8. The highest BCUT2D eigenvalue weighted by molar-refractivity contribution is 6.50. The molecule has 0 saturated heterocycles. The van der Waals surface area contributed by atoms with E-state index in [0.717, 1.165) is 11.1 Å². The summed E-state index contributed by atoms with van der Waals surface area (Å²) in [4.78, 5) is 27.6. The molecule has 0 bridgehead atoms. The molecule has 0 unspecified atom stereocenters. The number of phenolic OH excluding ortho intramolecular Hbond substituents is 1. The third kappa shape index (κ3) is 4.10. The number of carbonyl (C=O) groups is 2. The van der Waals surface area contributed by atoms with Crippen molar-refractivity contribution in [2.75, 3.05) is 0 Å². The Bertz CT molecular complexity index is 824. The normalized spacial score (nSPS) is 16.8. The Balaban J connectivity index is 2.69. The first-order valence-corrected chi connectivity index (χ1v) is 8.45. The van der Waals surface area contributed by atoms with Crippen molar-refractivity contribution in [2.45, 2.75) is 52.4 Å². The predicted molar refractivity (Wildman–Crippen MR) is 102 cm³/mol. The SMILES string of the molecule is CC(C)(C)c1cc(N=C2C=C(C(=O)O)C=CC2=O)cc(C(C)(C)C)c1O. The van der Waals surface area contributed by atoms with Gasteiger partial charge in [-0.1, -0.05) is 41.5 Å². The zero-order valence-electron chi connectivity index (χ0n) is 16.0. The molecule has 2 rings (SSSR count). The monoisotopic (exact) mass is 355 g/mol. The predicted octanol–water partition coefficient (Wildman–Crippen LogP) is 4.21. The number of rotatable bonds is 2. The van der Waals surface area contributed by atoms with Crippen molar-refractivity contribution in [3.63, 3.8) is 0 Å². The molecular weight excluding hydrogens is 330 g/mol. The molecule has 1 aromatic rings. The van der Waals surface area contributed by atoms with Crippen LogP contribution in [0.15, 0.2) is 40.9 Å². The lowest BCUT2D eigenvalue weighted by Crippen LogP contribution is -2.18. The Hall–Kier alpha value is -2.69. The Kier molecular flexibility index (Phi) is 4.95. The number of hydrogen-bond donors (Lipinski definition) is 2. The molecule has 5 nitrogen and oxygen atoms in total. The molecular formula is C21H25NO4. The molecule has 0 saturated carbocycles. The van der Waals surface area contributed by atoms with Crippen LogP contribution in [0.25, 0.3) is 0 Å². The van der Waals surface area contributed by atoms with Gasteiger partial charge in [0.05, 0.1) is 11.3 Å². The molecule has 0 aromatic heterocycles. The average molecular weight is 355 g/mol. The number of carbonyl (C=O) groups excluding carboxylic acids is 1. The Morgan fingerprint density at radius 3 is 1.88 bits per heavy atom. The van der Waals surface area contributed by atoms with E-state index in [-0.39, 0.29) is 33.6 Å². The van der Waals surface area contributed by atoms with Crippen molar-refractivity contribution in [2.24, 2.45) is 4.99 Å². The van der Waals surface area contributed by atoms with Gasteiger partial charge in [0.2, 0.25) is 5.78 Å². The van der Waals surface area contributed by atoms with E-state index in [4.69, 9.17) is 5.11 Å². The van der Waals surface area contributed by atoms with E-state index in [0.29, 0.717) is 5.69 Å². The molecule has 0 radical (unpaired) electrons. The maximum Gasteiger partial charge on any atom is 0.335 e. The fourth-order valence-corrected chi connectivity index (χ4v) is 2.70. The zero-order valence-corrected chi connectivity index (χ0v) is 16.0. The summed E-state index contributed by atoms with van der Waals surface area (Å²) in [6.45, 7) is 11.9. The number of ketones is 1. The van der Waals surface area contributed by atoms with Gasteiger partial charge in [-0.3, -0.25) is 4.79 Å². The lowest BCUT2D eigenvalue weighted by atomic mass is 9.79. The van der Waals surface area contributed by atoms with E-state index in [1.807, 2.05) is 41.5 Å². The molecule has 0 aliphatic heterocycles. The molecule has 26 heavy (non-hydrogen) atoms. The van der Waals surface area contributed by atoms with Gasteiger partial charge in [-0.25, -0.2) is 9.79 Å². The summed E-state index contributed by atoms with van der Waals surface area (Å²) < 4.78 is 0. The molecule has 1 aliphatic carbocycles. The third-order valence-corrected chi connectivity index (χ3v) is 4.17. The lowest BCUT2D eigenvalue weighted by Gasteiger charge is -2.27. The van der Waals surface area contributed by atoms with Crippen molar-refractivity contribution in [3.8, 4) is 5.75 Å². The number of aliphatic carboxylic acids is 1. The fourth-order valence-electron chi connectivity index (χ4n) is 2.70. The number of carboxylic acid groups (broad SMARTS) is 1. The molecule has 0 fully saturated rings. The molecule has 5 heteroatoms. The van der Waals surface area contributed by atoms with Crippen LogP contribution in [0.1, 0.15) is 52.7 Å². The summed E-state index contributed by atoms with van der Waals surface area (Å²) >= 11 is 0. The number of carboxylic acids is 1. The highest BCUT2D eigenvalue weighted by Crippen LogP contribution is 2.41. The minimum atomic E-state index is -1.11. The summed E-state index contributed by atoms with van der Waals surface area (Å²) in [6.07, 6.45) is 3.74. The molecule has 0 heterocycles. The van der Waals surface area contributed by atoms with Gasteiger partial charge in [-0.2, -0.15) is 0 Å². The van der Waals surface area contributed by atoms with Crippen LogP contribution in [0.3, 0.4) is 0 Å². The number of phenols is 1. The van der Waals surface area contributed by atoms with E-state index in [9.17, 15) is 14.7 Å². The maximum atomic E-state index is 12.1. The number of benzene rings is 1. The number of aliphatic imine (C=N–C) groups is 1. The number of hydrogen-bond acceptors (Lipinski definition) is 4. The van der Waals surface area contributed by atoms with Crippen LogP contribution in [-0.2, 0) is 20.4 Å². The minimum Gasteiger partial charge on any atom is -0.507 e. The summed E-state index contributed by atoms with van der Waals surface area (Å²) in [7, 11) is 0. The van der Waals surface area contributed by atoms with Gasteiger partial charge in [0.15, 0.2) is 0 Å². The highest BCUT2D eigenvalue weighted by atomic mass is 16.4. The average Bonchev–Trinajstić information content (AvgIpc) is 2.48. The molecule has 2 N–H and O–H groups in total. The van der Waals surface area contributed by atoms with Crippen molar-refractivity contribution >= 4 is 23.2 Å². The van der Waals surface area contributed by atoms with Gasteiger partial charge in [0, 0.05) is 11.1 Å². The lowest BCUT2D eigenvalue weighted by molar-refractivity contribution is -0.132. The van der Waals surface area contributed by atoms with Gasteiger partial charge >= 0.3 is 5.97 Å². The molecule has 1 aromatic carbocycles. The van der Waals surface area contributed by atoms with Crippen molar-refractivity contribution in [1.82, 2.24) is 0 Å². The van der Waals surface area contributed by atoms with Crippen LogP contribution < -0.4 is 0 Å². The van der Waals surface area contributed by atoms with E-state index >= 15 is 0 Å². The van der Waals surface area contributed by atoms with Gasteiger partial charge in [0.1, 0.15) is 11.5 Å². The number of nitrogens with zero attached hydrogens (tertiary/aromatic N) is 1. The Labute approximate surface area is 153 Å². The van der Waals surface area contributed by atoms with Crippen molar-refractivity contribution in [1.29, 1.82) is 0 Å². The standard InChI is InChI=1S/C21H25NO4/c1-20(2,3)14-10-13(11-15(18(14)24)21(4,5)6)22-16-9-12(19(25)26)7-8-17(16)23/h7-11,24H,1-6H3,(H,25,26). The quantitative estimate of drug-likeness (QED) is 0.778. The minimum absolute atomic E-state index is 0.00854. The molecule has 1 aliphatic rings. The van der Waals surface area contributed by atoms with Crippen LogP contribution in [-0.4, -0.2) is 27.7 Å². The first kappa shape index (κ1) is 19.6. The van der Waals surface area contributed by atoms with Gasteiger partial charge in [-0.15, -0.1) is 0 Å².